The molecule has 0 spiro atoms. The lowest BCUT2D eigenvalue weighted by Crippen LogP contribution is -2.45. The van der Waals surface area contributed by atoms with Crippen LogP contribution in [0.5, 0.6) is 0 Å². The Balaban J connectivity index is 2.54. The molecular weight excluding hydrogens is 238 g/mol. The molecule has 0 bridgehead atoms. The number of aliphatic carboxylic acids is 1. The van der Waals surface area contributed by atoms with E-state index in [0.29, 0.717) is 11.5 Å². The zero-order valence-corrected chi connectivity index (χ0v) is 13.3. The van der Waals surface area contributed by atoms with Crippen LogP contribution in [0.25, 0.3) is 0 Å². The van der Waals surface area contributed by atoms with Crippen molar-refractivity contribution >= 4 is 5.97 Å². The van der Waals surface area contributed by atoms with Crippen molar-refractivity contribution in [2.45, 2.75) is 78.8 Å². The molecule has 1 atom stereocenters. The molecule has 0 heterocycles. The van der Waals surface area contributed by atoms with Crippen LogP contribution in [0, 0.1) is 11.3 Å². The molecule has 112 valence electrons. The Kier molecular flexibility index (Phi) is 5.84. The Morgan fingerprint density at radius 1 is 1.26 bits per heavy atom. The molecule has 19 heavy (non-hydrogen) atoms. The number of carbonyl (C=O) groups is 1. The first-order valence-electron chi connectivity index (χ1n) is 7.73. The molecule has 0 radical (unpaired) electrons. The van der Waals surface area contributed by atoms with Crippen molar-refractivity contribution in [2.75, 3.05) is 6.54 Å². The summed E-state index contributed by atoms with van der Waals surface area (Å²) in [6.07, 6.45) is 5.27. The third kappa shape index (κ3) is 4.79. The smallest absolute Gasteiger partial charge is 0.304 e. The number of carboxylic acids is 1. The first kappa shape index (κ1) is 16.5. The van der Waals surface area contributed by atoms with Gasteiger partial charge in [0.05, 0.1) is 6.42 Å². The first-order valence-corrected chi connectivity index (χ1v) is 7.73. The van der Waals surface area contributed by atoms with Crippen LogP contribution in [0.15, 0.2) is 0 Å². The van der Waals surface area contributed by atoms with Crippen molar-refractivity contribution in [3.05, 3.63) is 0 Å². The molecule has 1 aliphatic rings. The van der Waals surface area contributed by atoms with Crippen LogP contribution >= 0.6 is 0 Å². The fourth-order valence-electron chi connectivity index (χ4n) is 3.57. The summed E-state index contributed by atoms with van der Waals surface area (Å²) >= 11 is 0. The summed E-state index contributed by atoms with van der Waals surface area (Å²) in [5.41, 5.74) is 0.411. The van der Waals surface area contributed by atoms with Crippen LogP contribution in [0.3, 0.4) is 0 Å². The van der Waals surface area contributed by atoms with E-state index in [2.05, 4.69) is 32.6 Å². The summed E-state index contributed by atoms with van der Waals surface area (Å²) in [6.45, 7) is 12.2. The van der Waals surface area contributed by atoms with Gasteiger partial charge in [-0.05, 0) is 50.5 Å². The second-order valence-corrected chi connectivity index (χ2v) is 7.15. The molecule has 0 aromatic carbocycles. The van der Waals surface area contributed by atoms with Gasteiger partial charge in [-0.3, -0.25) is 9.69 Å². The van der Waals surface area contributed by atoms with Crippen molar-refractivity contribution in [1.82, 2.24) is 4.90 Å². The molecule has 0 saturated heterocycles. The van der Waals surface area contributed by atoms with Crippen molar-refractivity contribution in [3.8, 4) is 0 Å². The van der Waals surface area contributed by atoms with E-state index in [9.17, 15) is 4.79 Å². The number of carboxylic acid groups (broad SMARTS) is 1. The Morgan fingerprint density at radius 2 is 1.79 bits per heavy atom. The zero-order chi connectivity index (χ0) is 14.6. The van der Waals surface area contributed by atoms with Crippen molar-refractivity contribution in [2.24, 2.45) is 11.3 Å². The van der Waals surface area contributed by atoms with E-state index in [1.54, 1.807) is 0 Å². The van der Waals surface area contributed by atoms with Gasteiger partial charge < -0.3 is 5.11 Å². The SMILES string of the molecule is CCN(C(C)CC(=O)O)C1CCC(C(C)(C)C)CC1. The van der Waals surface area contributed by atoms with Crippen LogP contribution < -0.4 is 0 Å². The van der Waals surface area contributed by atoms with Gasteiger partial charge in [0.1, 0.15) is 0 Å². The largest absolute Gasteiger partial charge is 0.481 e. The Morgan fingerprint density at radius 3 is 2.16 bits per heavy atom. The number of nitrogens with zero attached hydrogens (tertiary/aromatic N) is 1. The molecule has 3 heteroatoms. The third-order valence-corrected chi connectivity index (χ3v) is 4.79. The van der Waals surface area contributed by atoms with Gasteiger partial charge in [0, 0.05) is 12.1 Å². The maximum atomic E-state index is 10.9. The van der Waals surface area contributed by atoms with Gasteiger partial charge in [-0.1, -0.05) is 27.7 Å². The molecule has 0 aromatic heterocycles. The van der Waals surface area contributed by atoms with E-state index in [4.69, 9.17) is 5.11 Å². The third-order valence-electron chi connectivity index (χ3n) is 4.79. The highest BCUT2D eigenvalue weighted by Crippen LogP contribution is 2.39. The summed E-state index contributed by atoms with van der Waals surface area (Å²) in [5, 5.41) is 8.95. The Bertz CT molecular complexity index is 288. The minimum absolute atomic E-state index is 0.152. The lowest BCUT2D eigenvalue weighted by molar-refractivity contribution is -0.138. The summed E-state index contributed by atoms with van der Waals surface area (Å²) < 4.78 is 0. The van der Waals surface area contributed by atoms with Gasteiger partial charge in [0.25, 0.3) is 0 Å². The number of hydrogen-bond acceptors (Lipinski definition) is 2. The molecule has 1 aliphatic carbocycles. The predicted molar refractivity (Wildman–Crippen MR) is 79.3 cm³/mol. The molecule has 1 saturated carbocycles. The minimum atomic E-state index is -0.686. The van der Waals surface area contributed by atoms with Crippen molar-refractivity contribution in [3.63, 3.8) is 0 Å². The van der Waals surface area contributed by atoms with Gasteiger partial charge in [0.2, 0.25) is 0 Å². The standard InChI is InChI=1S/C16H31NO2/c1-6-17(12(2)11-15(18)19)14-9-7-13(8-10-14)16(3,4)5/h12-14H,6-11H2,1-5H3,(H,18,19). The molecule has 0 aliphatic heterocycles. The van der Waals surface area contributed by atoms with Crippen molar-refractivity contribution in [1.29, 1.82) is 0 Å². The van der Waals surface area contributed by atoms with Gasteiger partial charge in [-0.15, -0.1) is 0 Å². The van der Waals surface area contributed by atoms with E-state index in [1.165, 1.54) is 25.7 Å². The minimum Gasteiger partial charge on any atom is -0.481 e. The lowest BCUT2D eigenvalue weighted by Gasteiger charge is -2.42. The second kappa shape index (κ2) is 6.74. The van der Waals surface area contributed by atoms with E-state index < -0.39 is 5.97 Å². The highest BCUT2D eigenvalue weighted by atomic mass is 16.4. The zero-order valence-electron chi connectivity index (χ0n) is 13.3. The predicted octanol–water partition coefficient (Wildman–Crippen LogP) is 3.78. The monoisotopic (exact) mass is 269 g/mol. The average molecular weight is 269 g/mol. The maximum Gasteiger partial charge on any atom is 0.304 e. The Hall–Kier alpha value is -0.570. The molecular formula is C16H31NO2. The first-order chi connectivity index (χ1) is 8.75. The van der Waals surface area contributed by atoms with Crippen LogP contribution in [0.2, 0.25) is 0 Å². The topological polar surface area (TPSA) is 40.5 Å². The van der Waals surface area contributed by atoms with E-state index in [0.717, 1.165) is 12.5 Å². The fraction of sp³-hybridized carbons (Fsp3) is 0.938. The molecule has 1 fully saturated rings. The molecule has 1 rings (SSSR count). The summed E-state index contributed by atoms with van der Waals surface area (Å²) in [5.74, 6) is 0.131. The lowest BCUT2D eigenvalue weighted by atomic mass is 9.71. The van der Waals surface area contributed by atoms with Gasteiger partial charge >= 0.3 is 5.97 Å². The Labute approximate surface area is 118 Å². The van der Waals surface area contributed by atoms with E-state index in [1.807, 2.05) is 6.92 Å². The van der Waals surface area contributed by atoms with Crippen molar-refractivity contribution < 1.29 is 9.90 Å². The molecule has 0 amide bonds. The maximum absolute atomic E-state index is 10.9. The van der Waals surface area contributed by atoms with E-state index >= 15 is 0 Å². The number of rotatable bonds is 5. The quantitative estimate of drug-likeness (QED) is 0.825. The highest BCUT2D eigenvalue weighted by molar-refractivity contribution is 5.67. The average Bonchev–Trinajstić information content (AvgIpc) is 2.28. The highest BCUT2D eigenvalue weighted by Gasteiger charge is 2.33. The normalized spacial score (nSPS) is 26.4. The molecule has 1 N–H and O–H groups in total. The van der Waals surface area contributed by atoms with Crippen LogP contribution in [-0.2, 0) is 4.79 Å². The number of hydrogen-bond donors (Lipinski definition) is 1. The van der Waals surface area contributed by atoms with Gasteiger partial charge in [0.15, 0.2) is 0 Å². The molecule has 0 aromatic rings. The van der Waals surface area contributed by atoms with Crippen LogP contribution in [0.1, 0.15) is 66.7 Å². The second-order valence-electron chi connectivity index (χ2n) is 7.15. The van der Waals surface area contributed by atoms with E-state index in [-0.39, 0.29) is 12.5 Å². The summed E-state index contributed by atoms with van der Waals surface area (Å²) in [7, 11) is 0. The van der Waals surface area contributed by atoms with Gasteiger partial charge in [-0.25, -0.2) is 0 Å². The summed E-state index contributed by atoms with van der Waals surface area (Å²) in [6, 6.07) is 0.733. The summed E-state index contributed by atoms with van der Waals surface area (Å²) in [4.78, 5) is 13.3. The van der Waals surface area contributed by atoms with Gasteiger partial charge in [-0.2, -0.15) is 0 Å². The fourth-order valence-corrected chi connectivity index (χ4v) is 3.57. The molecule has 1 unspecified atom stereocenters. The van der Waals surface area contributed by atoms with Crippen LogP contribution in [0.4, 0.5) is 0 Å². The van der Waals surface area contributed by atoms with Crippen LogP contribution in [-0.4, -0.2) is 34.6 Å². The molecule has 3 nitrogen and oxygen atoms in total.